The van der Waals surface area contributed by atoms with E-state index in [0.717, 1.165) is 55.3 Å². The van der Waals surface area contributed by atoms with Crippen LogP contribution in [0, 0.1) is 5.41 Å². The summed E-state index contributed by atoms with van der Waals surface area (Å²) in [6.07, 6.45) is 13.3. The number of pyridine rings is 1. The minimum Gasteiger partial charge on any atom is -0.471 e. The van der Waals surface area contributed by atoms with Crippen LogP contribution in [0.5, 0.6) is 5.88 Å². The molecule has 2 aromatic heterocycles. The van der Waals surface area contributed by atoms with E-state index in [9.17, 15) is 9.90 Å². The molecule has 8 nitrogen and oxygen atoms in total. The van der Waals surface area contributed by atoms with Crippen molar-refractivity contribution >= 4 is 5.91 Å². The van der Waals surface area contributed by atoms with Gasteiger partial charge in [0.25, 0.3) is 0 Å². The van der Waals surface area contributed by atoms with Gasteiger partial charge in [-0.1, -0.05) is 39.8 Å². The minimum absolute atomic E-state index is 0.0256. The summed E-state index contributed by atoms with van der Waals surface area (Å²) in [5, 5.41) is 18.3. The molecule has 0 saturated heterocycles. The number of benzene rings is 1. The van der Waals surface area contributed by atoms with E-state index in [2.05, 4.69) is 48.5 Å². The van der Waals surface area contributed by atoms with E-state index in [4.69, 9.17) is 9.72 Å². The van der Waals surface area contributed by atoms with Crippen LogP contribution < -0.4 is 15.4 Å². The number of carbonyl (C=O) groups excluding carboxylic acids is 1. The Morgan fingerprint density at radius 2 is 2.07 bits per heavy atom. The average molecular weight is 560 g/mol. The Morgan fingerprint density at radius 3 is 2.76 bits per heavy atom. The largest absolute Gasteiger partial charge is 0.471 e. The van der Waals surface area contributed by atoms with Gasteiger partial charge < -0.3 is 25.0 Å². The Hall–Kier alpha value is -3.23. The van der Waals surface area contributed by atoms with Crippen LogP contribution in [0.25, 0.3) is 5.69 Å². The normalized spacial score (nSPS) is 19.1. The maximum absolute atomic E-state index is 12.7. The van der Waals surface area contributed by atoms with Gasteiger partial charge in [-0.15, -0.1) is 0 Å². The van der Waals surface area contributed by atoms with Crippen molar-refractivity contribution < 1.29 is 14.6 Å². The molecule has 41 heavy (non-hydrogen) atoms. The summed E-state index contributed by atoms with van der Waals surface area (Å²) in [4.78, 5) is 21.6. The molecule has 1 spiro atoms. The van der Waals surface area contributed by atoms with Crippen LogP contribution in [0.4, 0.5) is 0 Å². The highest BCUT2D eigenvalue weighted by atomic mass is 16.5. The van der Waals surface area contributed by atoms with Crippen molar-refractivity contribution in [2.75, 3.05) is 6.54 Å². The highest BCUT2D eigenvalue weighted by Gasteiger charge is 2.46. The number of carbonyl (C=O) groups is 1. The van der Waals surface area contributed by atoms with E-state index < -0.39 is 12.1 Å². The fraction of sp³-hybridized carbons (Fsp3) is 0.545. The van der Waals surface area contributed by atoms with Crippen LogP contribution in [0.3, 0.4) is 0 Å². The van der Waals surface area contributed by atoms with E-state index in [0.29, 0.717) is 25.3 Å². The number of rotatable bonds is 11. The highest BCUT2D eigenvalue weighted by Crippen LogP contribution is 2.48. The number of hydrogen-bond donors (Lipinski definition) is 3. The van der Waals surface area contributed by atoms with E-state index in [1.165, 1.54) is 5.56 Å². The van der Waals surface area contributed by atoms with Gasteiger partial charge in [0.05, 0.1) is 18.5 Å². The van der Waals surface area contributed by atoms with Crippen LogP contribution in [0.1, 0.15) is 89.0 Å². The van der Waals surface area contributed by atoms with Crippen LogP contribution in [0.2, 0.25) is 0 Å². The molecule has 1 saturated carbocycles. The second kappa shape index (κ2) is 12.3. The van der Waals surface area contributed by atoms with Crippen molar-refractivity contribution in [1.82, 2.24) is 25.2 Å². The monoisotopic (exact) mass is 559 g/mol. The van der Waals surface area contributed by atoms with E-state index in [-0.39, 0.29) is 23.0 Å². The topological polar surface area (TPSA) is 101 Å². The van der Waals surface area contributed by atoms with Crippen molar-refractivity contribution in [2.45, 2.75) is 103 Å². The third-order valence-corrected chi connectivity index (χ3v) is 8.23. The molecule has 1 fully saturated rings. The van der Waals surface area contributed by atoms with Crippen molar-refractivity contribution in [2.24, 2.45) is 5.41 Å². The van der Waals surface area contributed by atoms with E-state index >= 15 is 0 Å². The Bertz CT molecular complexity index is 1310. The van der Waals surface area contributed by atoms with Crippen LogP contribution >= 0.6 is 0 Å². The molecular formula is C33H45N5O3. The molecule has 3 heterocycles. The number of aliphatic hydroxyl groups is 1. The summed E-state index contributed by atoms with van der Waals surface area (Å²) in [6, 6.07) is 9.97. The molecule has 220 valence electrons. The third kappa shape index (κ3) is 7.35. The lowest BCUT2D eigenvalue weighted by molar-refractivity contribution is -0.122. The summed E-state index contributed by atoms with van der Waals surface area (Å²) in [6.45, 7) is 9.04. The summed E-state index contributed by atoms with van der Waals surface area (Å²) in [7, 11) is 0. The number of nitrogens with zero attached hydrogens (tertiary/aromatic N) is 3. The molecule has 1 aliphatic heterocycles. The second-order valence-corrected chi connectivity index (χ2v) is 13.1. The number of nitrogens with one attached hydrogen (secondary N) is 2. The third-order valence-electron chi connectivity index (χ3n) is 8.23. The molecule has 5 rings (SSSR count). The average Bonchev–Trinajstić information content (AvgIpc) is 3.45. The van der Waals surface area contributed by atoms with Crippen molar-refractivity contribution in [3.8, 4) is 11.6 Å². The van der Waals surface area contributed by atoms with Crippen molar-refractivity contribution in [3.63, 3.8) is 0 Å². The minimum atomic E-state index is -0.776. The fourth-order valence-corrected chi connectivity index (χ4v) is 6.05. The summed E-state index contributed by atoms with van der Waals surface area (Å²) in [5.41, 5.74) is 4.28. The van der Waals surface area contributed by atoms with Crippen molar-refractivity contribution in [3.05, 3.63) is 71.9 Å². The fourth-order valence-electron chi connectivity index (χ4n) is 6.05. The summed E-state index contributed by atoms with van der Waals surface area (Å²) < 4.78 is 8.40. The Balaban J connectivity index is 1.33. The predicted molar refractivity (Wildman–Crippen MR) is 160 cm³/mol. The number of ether oxygens (including phenoxy) is 1. The second-order valence-electron chi connectivity index (χ2n) is 13.1. The first-order chi connectivity index (χ1) is 19.6. The zero-order valence-electron chi connectivity index (χ0n) is 24.9. The first-order valence-electron chi connectivity index (χ1n) is 15.1. The van der Waals surface area contributed by atoms with Gasteiger partial charge in [-0.05, 0) is 73.3 Å². The number of amides is 1. The van der Waals surface area contributed by atoms with Gasteiger partial charge in [0.15, 0.2) is 0 Å². The molecule has 3 N–H and O–H groups in total. The standard InChI is InChI=1S/C33H45N5O3/c1-5-8-30(40)37-27(17-23-9-6-10-25(15-23)38-14-13-34-22-38)29(39)21-35-28-19-33(11-7-12-33)41-31-26(28)16-24(20-36-31)18-32(2,3)4/h6,9-10,13-16,20,22,27-29,35,39H,5,7-8,11-12,17-19,21H2,1-4H3,(H,37,40)/t27?,28-,29+/m0/s1. The number of aromatic nitrogens is 3. The van der Waals surface area contributed by atoms with Crippen LogP contribution in [0.15, 0.2) is 55.2 Å². The molecule has 1 amide bonds. The lowest BCUT2D eigenvalue weighted by Gasteiger charge is -2.47. The summed E-state index contributed by atoms with van der Waals surface area (Å²) >= 11 is 0. The lowest BCUT2D eigenvalue weighted by atomic mass is 9.73. The van der Waals surface area contributed by atoms with Gasteiger partial charge in [0.2, 0.25) is 11.8 Å². The van der Waals surface area contributed by atoms with E-state index in [1.54, 1.807) is 12.5 Å². The van der Waals surface area contributed by atoms with Crippen LogP contribution in [-0.4, -0.2) is 49.8 Å². The number of hydrogen-bond acceptors (Lipinski definition) is 6. The van der Waals surface area contributed by atoms with Gasteiger partial charge in [0.1, 0.15) is 5.60 Å². The van der Waals surface area contributed by atoms with Gasteiger partial charge in [-0.2, -0.15) is 0 Å². The molecule has 1 aliphatic carbocycles. The summed E-state index contributed by atoms with van der Waals surface area (Å²) in [5.74, 6) is 0.674. The molecule has 2 aliphatic rings. The molecule has 1 aromatic carbocycles. The SMILES string of the molecule is CCCC(=O)NC(Cc1cccc(-n2ccnc2)c1)[C@H](O)CN[C@H]1CC2(CCC2)Oc2ncc(CC(C)(C)C)cc21. The maximum Gasteiger partial charge on any atom is 0.220 e. The maximum atomic E-state index is 12.7. The molecule has 3 aromatic rings. The van der Waals surface area contributed by atoms with Gasteiger partial charge in [-0.25, -0.2) is 9.97 Å². The van der Waals surface area contributed by atoms with Gasteiger partial charge >= 0.3 is 0 Å². The first kappa shape index (κ1) is 29.3. The van der Waals surface area contributed by atoms with Crippen molar-refractivity contribution in [1.29, 1.82) is 0 Å². The Morgan fingerprint density at radius 1 is 1.24 bits per heavy atom. The van der Waals surface area contributed by atoms with Crippen LogP contribution in [-0.2, 0) is 17.6 Å². The number of imidazole rings is 1. The molecule has 3 atom stereocenters. The zero-order chi connectivity index (χ0) is 29.0. The number of aliphatic hydroxyl groups excluding tert-OH is 1. The van der Waals surface area contributed by atoms with Gasteiger partial charge in [0, 0.05) is 55.3 Å². The predicted octanol–water partition coefficient (Wildman–Crippen LogP) is 5.08. The molecule has 8 heteroatoms. The molecular weight excluding hydrogens is 514 g/mol. The van der Waals surface area contributed by atoms with E-state index in [1.807, 2.05) is 42.1 Å². The highest BCUT2D eigenvalue weighted by molar-refractivity contribution is 5.76. The Kier molecular flexibility index (Phi) is 8.80. The molecule has 1 unspecified atom stereocenters. The zero-order valence-corrected chi connectivity index (χ0v) is 24.9. The first-order valence-corrected chi connectivity index (χ1v) is 15.1. The quantitative estimate of drug-likeness (QED) is 0.303. The lowest BCUT2D eigenvalue weighted by Crippen LogP contribution is -2.52. The smallest absolute Gasteiger partial charge is 0.220 e. The Labute approximate surface area is 243 Å². The number of fused-ring (bicyclic) bond motifs is 1. The molecule has 0 bridgehead atoms. The van der Waals surface area contributed by atoms with Gasteiger partial charge in [-0.3, -0.25) is 4.79 Å². The molecule has 0 radical (unpaired) electrons.